The summed E-state index contributed by atoms with van der Waals surface area (Å²) in [7, 11) is 0. The Bertz CT molecular complexity index is 341. The zero-order valence-corrected chi connectivity index (χ0v) is 12.3. The van der Waals surface area contributed by atoms with Crippen molar-refractivity contribution in [2.24, 2.45) is 11.8 Å². The van der Waals surface area contributed by atoms with Gasteiger partial charge in [-0.2, -0.15) is 0 Å². The maximum absolute atomic E-state index is 12.7. The first-order chi connectivity index (χ1) is 9.77. The van der Waals surface area contributed by atoms with Crippen molar-refractivity contribution in [3.8, 4) is 0 Å². The number of nitrogens with zero attached hydrogens (tertiary/aromatic N) is 1. The topological polar surface area (TPSA) is 49.8 Å². The smallest absolute Gasteiger partial charge is 0.228 e. The van der Waals surface area contributed by atoms with E-state index in [1.807, 2.05) is 0 Å². The molecular formula is C16H27NO3. The Hall–Kier alpha value is -0.610. The minimum absolute atomic E-state index is 0.0603. The first-order valence-electron chi connectivity index (χ1n) is 8.33. The second-order valence-corrected chi connectivity index (χ2v) is 6.67. The van der Waals surface area contributed by atoms with Crippen molar-refractivity contribution in [1.29, 1.82) is 0 Å². The van der Waals surface area contributed by atoms with E-state index < -0.39 is 0 Å². The molecule has 4 heteroatoms. The molecule has 2 aliphatic heterocycles. The summed E-state index contributed by atoms with van der Waals surface area (Å²) >= 11 is 0. The Morgan fingerprint density at radius 1 is 1.05 bits per heavy atom. The van der Waals surface area contributed by atoms with Crippen molar-refractivity contribution < 1.29 is 14.6 Å². The number of hydrogen-bond acceptors (Lipinski definition) is 3. The van der Waals surface area contributed by atoms with Crippen LogP contribution >= 0.6 is 0 Å². The number of hydrogen-bond donors (Lipinski definition) is 1. The van der Waals surface area contributed by atoms with E-state index in [0.29, 0.717) is 12.5 Å². The number of amides is 1. The minimum atomic E-state index is -0.204. The van der Waals surface area contributed by atoms with Gasteiger partial charge in [-0.05, 0) is 38.5 Å². The fourth-order valence-corrected chi connectivity index (χ4v) is 4.27. The van der Waals surface area contributed by atoms with Crippen LogP contribution in [0.3, 0.4) is 0 Å². The third-order valence-electron chi connectivity index (χ3n) is 5.37. The van der Waals surface area contributed by atoms with E-state index in [-0.39, 0.29) is 24.0 Å². The van der Waals surface area contributed by atoms with Crippen LogP contribution in [0.1, 0.15) is 51.4 Å². The molecular weight excluding hydrogens is 254 g/mol. The Morgan fingerprint density at radius 2 is 1.90 bits per heavy atom. The number of rotatable bonds is 2. The van der Waals surface area contributed by atoms with Crippen molar-refractivity contribution in [2.45, 2.75) is 63.5 Å². The molecule has 0 bridgehead atoms. The van der Waals surface area contributed by atoms with Crippen LogP contribution in [-0.2, 0) is 9.53 Å². The monoisotopic (exact) mass is 281 g/mol. The quantitative estimate of drug-likeness (QED) is 0.841. The summed E-state index contributed by atoms with van der Waals surface area (Å²) in [6, 6.07) is 0.278. The van der Waals surface area contributed by atoms with Gasteiger partial charge in [-0.3, -0.25) is 4.79 Å². The number of ether oxygens (including phenoxy) is 1. The molecule has 0 aromatic carbocycles. The van der Waals surface area contributed by atoms with Gasteiger partial charge in [0, 0.05) is 25.1 Å². The number of carbonyl (C=O) groups is 1. The maximum atomic E-state index is 12.7. The number of carbonyl (C=O) groups excluding carboxylic acids is 1. The van der Waals surface area contributed by atoms with E-state index in [0.717, 1.165) is 58.1 Å². The normalized spacial score (nSPS) is 39.0. The van der Waals surface area contributed by atoms with Crippen molar-refractivity contribution in [2.75, 3.05) is 19.8 Å². The van der Waals surface area contributed by atoms with Gasteiger partial charge in [0.25, 0.3) is 0 Å². The van der Waals surface area contributed by atoms with Gasteiger partial charge < -0.3 is 14.7 Å². The summed E-state index contributed by atoms with van der Waals surface area (Å²) in [6.07, 6.45) is 8.25. The molecule has 20 heavy (non-hydrogen) atoms. The fraction of sp³-hybridized carbons (Fsp3) is 0.938. The standard InChI is InChI=1S/C16H27NO3/c18-15-8-2-1-6-13(15)14-7-3-9-17(14)16(19)12-5-4-10-20-11-12/h12-15,18H,1-11H2. The lowest BCUT2D eigenvalue weighted by molar-refractivity contribution is -0.142. The van der Waals surface area contributed by atoms with E-state index in [1.165, 1.54) is 6.42 Å². The Morgan fingerprint density at radius 3 is 2.65 bits per heavy atom. The van der Waals surface area contributed by atoms with Gasteiger partial charge >= 0.3 is 0 Å². The lowest BCUT2D eigenvalue weighted by Crippen LogP contribution is -2.48. The van der Waals surface area contributed by atoms with Crippen LogP contribution in [0.2, 0.25) is 0 Å². The molecule has 3 rings (SSSR count). The molecule has 1 aliphatic carbocycles. The molecule has 4 atom stereocenters. The molecule has 0 aromatic heterocycles. The third-order valence-corrected chi connectivity index (χ3v) is 5.37. The van der Waals surface area contributed by atoms with Crippen LogP contribution in [-0.4, -0.2) is 47.8 Å². The van der Waals surface area contributed by atoms with Crippen LogP contribution in [0.5, 0.6) is 0 Å². The van der Waals surface area contributed by atoms with E-state index in [9.17, 15) is 9.90 Å². The third kappa shape index (κ3) is 2.86. The highest BCUT2D eigenvalue weighted by Gasteiger charge is 2.40. The zero-order chi connectivity index (χ0) is 13.9. The van der Waals surface area contributed by atoms with E-state index in [2.05, 4.69) is 4.90 Å². The molecule has 1 saturated carbocycles. The first-order valence-corrected chi connectivity index (χ1v) is 8.33. The Kier molecular flexibility index (Phi) is 4.61. The summed E-state index contributed by atoms with van der Waals surface area (Å²) in [5, 5.41) is 10.3. The van der Waals surface area contributed by atoms with Crippen LogP contribution in [0.15, 0.2) is 0 Å². The van der Waals surface area contributed by atoms with Gasteiger partial charge in [-0.25, -0.2) is 0 Å². The average molecular weight is 281 g/mol. The SMILES string of the molecule is O=C(C1CCCOC1)N1CCCC1C1CCCCC1O. The largest absolute Gasteiger partial charge is 0.393 e. The van der Waals surface area contributed by atoms with E-state index in [1.54, 1.807) is 0 Å². The van der Waals surface area contributed by atoms with Crippen LogP contribution in [0.4, 0.5) is 0 Å². The second kappa shape index (κ2) is 6.44. The van der Waals surface area contributed by atoms with Crippen molar-refractivity contribution in [3.63, 3.8) is 0 Å². The lowest BCUT2D eigenvalue weighted by Gasteiger charge is -2.38. The van der Waals surface area contributed by atoms with Gasteiger partial charge in [0.2, 0.25) is 5.91 Å². The van der Waals surface area contributed by atoms with E-state index >= 15 is 0 Å². The minimum Gasteiger partial charge on any atom is -0.393 e. The molecule has 1 amide bonds. The molecule has 0 radical (unpaired) electrons. The van der Waals surface area contributed by atoms with Gasteiger partial charge in [0.15, 0.2) is 0 Å². The van der Waals surface area contributed by atoms with Crippen LogP contribution < -0.4 is 0 Å². The fourth-order valence-electron chi connectivity index (χ4n) is 4.27. The lowest BCUT2D eigenvalue weighted by atomic mass is 9.80. The highest BCUT2D eigenvalue weighted by atomic mass is 16.5. The summed E-state index contributed by atoms with van der Waals surface area (Å²) in [6.45, 7) is 2.27. The molecule has 2 saturated heterocycles. The predicted molar refractivity (Wildman–Crippen MR) is 76.2 cm³/mol. The molecule has 114 valence electrons. The summed E-state index contributed by atoms with van der Waals surface area (Å²) in [5.41, 5.74) is 0. The highest BCUT2D eigenvalue weighted by Crippen LogP contribution is 2.35. The van der Waals surface area contributed by atoms with Crippen LogP contribution in [0, 0.1) is 11.8 Å². The van der Waals surface area contributed by atoms with Crippen molar-refractivity contribution in [3.05, 3.63) is 0 Å². The second-order valence-electron chi connectivity index (χ2n) is 6.67. The molecule has 3 fully saturated rings. The van der Waals surface area contributed by atoms with Crippen molar-refractivity contribution in [1.82, 2.24) is 4.90 Å². The molecule has 3 aliphatic rings. The predicted octanol–water partition coefficient (Wildman–Crippen LogP) is 1.96. The highest BCUT2D eigenvalue weighted by molar-refractivity contribution is 5.79. The number of aliphatic hydroxyl groups excluding tert-OH is 1. The van der Waals surface area contributed by atoms with Gasteiger partial charge in [0.1, 0.15) is 0 Å². The number of aliphatic hydroxyl groups is 1. The molecule has 1 N–H and O–H groups in total. The van der Waals surface area contributed by atoms with Crippen molar-refractivity contribution >= 4 is 5.91 Å². The maximum Gasteiger partial charge on any atom is 0.228 e. The van der Waals surface area contributed by atoms with E-state index in [4.69, 9.17) is 4.74 Å². The summed E-state index contributed by atoms with van der Waals surface area (Å²) in [4.78, 5) is 14.8. The molecule has 0 aromatic rings. The Balaban J connectivity index is 1.66. The molecule has 4 unspecified atom stereocenters. The molecule has 2 heterocycles. The van der Waals surface area contributed by atoms with Gasteiger partial charge in [0.05, 0.1) is 18.6 Å². The zero-order valence-electron chi connectivity index (χ0n) is 12.3. The van der Waals surface area contributed by atoms with Crippen LogP contribution in [0.25, 0.3) is 0 Å². The van der Waals surface area contributed by atoms with Gasteiger partial charge in [-0.15, -0.1) is 0 Å². The molecule has 4 nitrogen and oxygen atoms in total. The average Bonchev–Trinajstić information content (AvgIpc) is 2.97. The Labute approximate surface area is 121 Å². The first kappa shape index (κ1) is 14.3. The summed E-state index contributed by atoms with van der Waals surface area (Å²) < 4.78 is 5.47. The van der Waals surface area contributed by atoms with Gasteiger partial charge in [-0.1, -0.05) is 12.8 Å². The number of likely N-dealkylation sites (tertiary alicyclic amines) is 1. The molecule has 0 spiro atoms. The summed E-state index contributed by atoms with van der Waals surface area (Å²) in [5.74, 6) is 0.648.